The summed E-state index contributed by atoms with van der Waals surface area (Å²) in [4.78, 5) is 0. The molecule has 1 saturated carbocycles. The summed E-state index contributed by atoms with van der Waals surface area (Å²) in [5.74, 6) is 0.608. The van der Waals surface area contributed by atoms with Gasteiger partial charge in [0.05, 0.1) is 5.02 Å². The van der Waals surface area contributed by atoms with Crippen molar-refractivity contribution in [2.45, 2.75) is 37.9 Å². The number of halogens is 1. The van der Waals surface area contributed by atoms with Crippen molar-refractivity contribution in [1.29, 1.82) is 0 Å². The number of benzene rings is 1. The van der Waals surface area contributed by atoms with Gasteiger partial charge in [0.25, 0.3) is 0 Å². The molecule has 0 atom stereocenters. The maximum Gasteiger partial charge on any atom is 0.184 e. The predicted molar refractivity (Wildman–Crippen MR) is 69.4 cm³/mol. The fourth-order valence-electron chi connectivity index (χ4n) is 2.65. The van der Waals surface area contributed by atoms with E-state index in [-0.39, 0.29) is 6.29 Å². The molecule has 0 spiro atoms. The van der Waals surface area contributed by atoms with Gasteiger partial charge in [-0.05, 0) is 24.3 Å². The van der Waals surface area contributed by atoms with E-state index in [1.165, 1.54) is 31.2 Å². The van der Waals surface area contributed by atoms with Crippen molar-refractivity contribution in [2.75, 3.05) is 14.2 Å². The highest BCUT2D eigenvalue weighted by Gasteiger charge is 2.22. The van der Waals surface area contributed by atoms with Crippen molar-refractivity contribution in [3.05, 3.63) is 34.3 Å². The van der Waals surface area contributed by atoms with Crippen LogP contribution in [0.25, 0.3) is 0 Å². The van der Waals surface area contributed by atoms with Crippen LogP contribution in [-0.2, 0) is 9.47 Å². The summed E-state index contributed by atoms with van der Waals surface area (Å²) in [5.41, 5.74) is 2.18. The summed E-state index contributed by atoms with van der Waals surface area (Å²) in [7, 11) is 3.26. The second kappa shape index (κ2) is 5.85. The van der Waals surface area contributed by atoms with Crippen LogP contribution >= 0.6 is 11.6 Å². The molecule has 1 aliphatic rings. The van der Waals surface area contributed by atoms with E-state index in [1.54, 1.807) is 14.2 Å². The van der Waals surface area contributed by atoms with Gasteiger partial charge in [-0.25, -0.2) is 0 Å². The predicted octanol–water partition coefficient (Wildman–Crippen LogP) is 4.29. The third kappa shape index (κ3) is 2.65. The summed E-state index contributed by atoms with van der Waals surface area (Å²) in [6.45, 7) is 0. The molecule has 3 heteroatoms. The standard InChI is InChI=1S/C14H19ClO2/c1-16-14(17-2)12-9-5-8-11(13(12)15)10-6-3-4-7-10/h5,8-10,14H,3-4,6-7H2,1-2H3. The zero-order chi connectivity index (χ0) is 12.3. The van der Waals surface area contributed by atoms with E-state index in [0.717, 1.165) is 10.6 Å². The molecule has 2 nitrogen and oxygen atoms in total. The summed E-state index contributed by atoms with van der Waals surface area (Å²) < 4.78 is 10.6. The number of methoxy groups -OCH3 is 2. The first kappa shape index (κ1) is 12.9. The Morgan fingerprint density at radius 1 is 1.18 bits per heavy atom. The highest BCUT2D eigenvalue weighted by molar-refractivity contribution is 6.32. The maximum absolute atomic E-state index is 6.48. The molecule has 0 saturated heterocycles. The fourth-order valence-corrected chi connectivity index (χ4v) is 3.02. The van der Waals surface area contributed by atoms with Gasteiger partial charge in [-0.1, -0.05) is 42.6 Å². The smallest absolute Gasteiger partial charge is 0.184 e. The van der Waals surface area contributed by atoms with Crippen LogP contribution in [0.2, 0.25) is 5.02 Å². The Balaban J connectivity index is 2.31. The molecule has 0 bridgehead atoms. The quantitative estimate of drug-likeness (QED) is 0.747. The van der Waals surface area contributed by atoms with Crippen molar-refractivity contribution in [3.8, 4) is 0 Å². The lowest BCUT2D eigenvalue weighted by molar-refractivity contribution is -0.105. The first-order chi connectivity index (χ1) is 8.27. The van der Waals surface area contributed by atoms with E-state index in [0.29, 0.717) is 5.92 Å². The summed E-state index contributed by atoms with van der Waals surface area (Å²) in [6.07, 6.45) is 4.73. The van der Waals surface area contributed by atoms with Crippen LogP contribution < -0.4 is 0 Å². The zero-order valence-electron chi connectivity index (χ0n) is 10.4. The van der Waals surface area contributed by atoms with E-state index in [1.807, 2.05) is 12.1 Å². The van der Waals surface area contributed by atoms with Crippen molar-refractivity contribution < 1.29 is 9.47 Å². The summed E-state index contributed by atoms with van der Waals surface area (Å²) >= 11 is 6.48. The number of hydrogen-bond donors (Lipinski definition) is 0. The van der Waals surface area contributed by atoms with Gasteiger partial charge in [0, 0.05) is 19.8 Å². The van der Waals surface area contributed by atoms with Gasteiger partial charge in [-0.3, -0.25) is 0 Å². The van der Waals surface area contributed by atoms with E-state index in [9.17, 15) is 0 Å². The lowest BCUT2D eigenvalue weighted by Gasteiger charge is -2.19. The number of ether oxygens (including phenoxy) is 2. The molecule has 17 heavy (non-hydrogen) atoms. The van der Waals surface area contributed by atoms with Gasteiger partial charge in [0.15, 0.2) is 6.29 Å². The highest BCUT2D eigenvalue weighted by Crippen LogP contribution is 2.40. The van der Waals surface area contributed by atoms with Gasteiger partial charge in [0.1, 0.15) is 0 Å². The highest BCUT2D eigenvalue weighted by atomic mass is 35.5. The van der Waals surface area contributed by atoms with Crippen LogP contribution in [0.3, 0.4) is 0 Å². The van der Waals surface area contributed by atoms with Gasteiger partial charge >= 0.3 is 0 Å². The van der Waals surface area contributed by atoms with Crippen molar-refractivity contribution in [2.24, 2.45) is 0 Å². The average Bonchev–Trinajstić information content (AvgIpc) is 2.86. The third-order valence-corrected chi connectivity index (χ3v) is 3.97. The minimum absolute atomic E-state index is 0.371. The Labute approximate surface area is 108 Å². The van der Waals surface area contributed by atoms with E-state index < -0.39 is 0 Å². The van der Waals surface area contributed by atoms with E-state index in [2.05, 4.69) is 6.07 Å². The van der Waals surface area contributed by atoms with E-state index in [4.69, 9.17) is 21.1 Å². The molecule has 1 aromatic rings. The second-order valence-electron chi connectivity index (χ2n) is 4.54. The molecule has 1 fully saturated rings. The number of hydrogen-bond acceptors (Lipinski definition) is 2. The first-order valence-electron chi connectivity index (χ1n) is 6.11. The molecule has 2 rings (SSSR count). The van der Waals surface area contributed by atoms with Crippen molar-refractivity contribution >= 4 is 11.6 Å². The molecule has 0 N–H and O–H groups in total. The topological polar surface area (TPSA) is 18.5 Å². The monoisotopic (exact) mass is 254 g/mol. The second-order valence-corrected chi connectivity index (χ2v) is 4.91. The van der Waals surface area contributed by atoms with Crippen LogP contribution in [0, 0.1) is 0 Å². The minimum Gasteiger partial charge on any atom is -0.352 e. The normalized spacial score (nSPS) is 16.9. The van der Waals surface area contributed by atoms with E-state index >= 15 is 0 Å². The van der Waals surface area contributed by atoms with Gasteiger partial charge in [0.2, 0.25) is 0 Å². The molecular formula is C14H19ClO2. The summed E-state index contributed by atoms with van der Waals surface area (Å²) in [5, 5.41) is 0.813. The Hall–Kier alpha value is -0.570. The Kier molecular flexibility index (Phi) is 4.43. The first-order valence-corrected chi connectivity index (χ1v) is 6.49. The molecule has 0 aliphatic heterocycles. The lowest BCUT2D eigenvalue weighted by Crippen LogP contribution is -2.06. The molecular weight excluding hydrogens is 236 g/mol. The Morgan fingerprint density at radius 2 is 1.82 bits per heavy atom. The van der Waals surface area contributed by atoms with Crippen LogP contribution in [0.5, 0.6) is 0 Å². The Bertz CT molecular complexity index is 348. The zero-order valence-corrected chi connectivity index (χ0v) is 11.2. The Morgan fingerprint density at radius 3 is 2.41 bits per heavy atom. The third-order valence-electron chi connectivity index (χ3n) is 3.54. The summed E-state index contributed by atoms with van der Waals surface area (Å²) in [6, 6.07) is 6.14. The van der Waals surface area contributed by atoms with Gasteiger partial charge in [-0.2, -0.15) is 0 Å². The van der Waals surface area contributed by atoms with Crippen molar-refractivity contribution in [1.82, 2.24) is 0 Å². The lowest BCUT2D eigenvalue weighted by atomic mass is 9.95. The minimum atomic E-state index is -0.371. The van der Waals surface area contributed by atoms with Crippen LogP contribution in [-0.4, -0.2) is 14.2 Å². The van der Waals surface area contributed by atoms with Gasteiger partial charge in [-0.15, -0.1) is 0 Å². The molecule has 1 aromatic carbocycles. The molecule has 0 unspecified atom stereocenters. The molecule has 94 valence electrons. The fraction of sp³-hybridized carbons (Fsp3) is 0.571. The molecule has 0 amide bonds. The largest absolute Gasteiger partial charge is 0.352 e. The molecule has 0 radical (unpaired) electrons. The molecule has 1 aliphatic carbocycles. The van der Waals surface area contributed by atoms with Gasteiger partial charge < -0.3 is 9.47 Å². The SMILES string of the molecule is COC(OC)c1cccc(C2CCCC2)c1Cl. The maximum atomic E-state index is 6.48. The van der Waals surface area contributed by atoms with Crippen LogP contribution in [0.1, 0.15) is 49.0 Å². The number of rotatable bonds is 4. The molecule has 0 aromatic heterocycles. The van der Waals surface area contributed by atoms with Crippen LogP contribution in [0.4, 0.5) is 0 Å². The average molecular weight is 255 g/mol. The van der Waals surface area contributed by atoms with Crippen LogP contribution in [0.15, 0.2) is 18.2 Å². The molecule has 0 heterocycles. The van der Waals surface area contributed by atoms with Crippen molar-refractivity contribution in [3.63, 3.8) is 0 Å².